The number of hydrogen-bond donors (Lipinski definition) is 0. The molecule has 1 aliphatic rings. The van der Waals surface area contributed by atoms with Gasteiger partial charge >= 0.3 is 6.18 Å². The highest BCUT2D eigenvalue weighted by Crippen LogP contribution is 2.37. The summed E-state index contributed by atoms with van der Waals surface area (Å²) in [5.74, 6) is -0.565. The summed E-state index contributed by atoms with van der Waals surface area (Å²) >= 11 is 0. The maximum absolute atomic E-state index is 13.3. The highest BCUT2D eigenvalue weighted by molar-refractivity contribution is 5.96. The van der Waals surface area contributed by atoms with E-state index >= 15 is 0 Å². The van der Waals surface area contributed by atoms with Crippen LogP contribution in [0.1, 0.15) is 49.0 Å². The minimum absolute atomic E-state index is 0.114. The van der Waals surface area contributed by atoms with Crippen LogP contribution in [0.5, 0.6) is 0 Å². The predicted molar refractivity (Wildman–Crippen MR) is 89.6 cm³/mol. The van der Waals surface area contributed by atoms with Gasteiger partial charge in [-0.15, -0.1) is 0 Å². The summed E-state index contributed by atoms with van der Waals surface area (Å²) in [6, 6.07) is 4.04. The monoisotopic (exact) mass is 342 g/mol. The zero-order valence-corrected chi connectivity index (χ0v) is 14.7. The SMILES string of the molecule is CCC1(N(C)C)CCN(c2ccc(C(C)=O)c(C(F)(F)F)c2)CC1. The first-order valence-electron chi connectivity index (χ1n) is 8.25. The van der Waals surface area contributed by atoms with Crippen LogP contribution >= 0.6 is 0 Å². The normalized spacial score (nSPS) is 18.1. The third-order valence-electron chi connectivity index (χ3n) is 5.35. The fourth-order valence-corrected chi connectivity index (χ4v) is 3.57. The summed E-state index contributed by atoms with van der Waals surface area (Å²) in [6.45, 7) is 4.74. The first-order valence-corrected chi connectivity index (χ1v) is 8.25. The third kappa shape index (κ3) is 3.58. The molecule has 0 saturated carbocycles. The highest BCUT2D eigenvalue weighted by Gasteiger charge is 2.37. The van der Waals surface area contributed by atoms with Gasteiger partial charge in [0.05, 0.1) is 5.56 Å². The molecule has 1 heterocycles. The van der Waals surface area contributed by atoms with Gasteiger partial charge in [0.2, 0.25) is 0 Å². The zero-order chi connectivity index (χ0) is 18.1. The van der Waals surface area contributed by atoms with Crippen LogP contribution in [-0.2, 0) is 6.18 Å². The number of halogens is 3. The van der Waals surface area contributed by atoms with Gasteiger partial charge in [-0.05, 0) is 58.5 Å². The molecule has 0 unspecified atom stereocenters. The molecule has 0 amide bonds. The van der Waals surface area contributed by atoms with Crippen LogP contribution in [0.2, 0.25) is 0 Å². The number of piperidine rings is 1. The minimum atomic E-state index is -4.52. The van der Waals surface area contributed by atoms with Crippen LogP contribution in [-0.4, -0.2) is 43.4 Å². The summed E-state index contributed by atoms with van der Waals surface area (Å²) < 4.78 is 39.8. The van der Waals surface area contributed by atoms with E-state index in [-0.39, 0.29) is 11.1 Å². The fourth-order valence-electron chi connectivity index (χ4n) is 3.57. The number of nitrogens with zero attached hydrogens (tertiary/aromatic N) is 2. The summed E-state index contributed by atoms with van der Waals surface area (Å²) in [5, 5.41) is 0. The van der Waals surface area contributed by atoms with Crippen molar-refractivity contribution >= 4 is 11.5 Å². The Hall–Kier alpha value is -1.56. The average molecular weight is 342 g/mol. The van der Waals surface area contributed by atoms with E-state index in [9.17, 15) is 18.0 Å². The van der Waals surface area contributed by atoms with Crippen molar-refractivity contribution in [2.24, 2.45) is 0 Å². The van der Waals surface area contributed by atoms with Gasteiger partial charge in [0.1, 0.15) is 0 Å². The van der Waals surface area contributed by atoms with Gasteiger partial charge < -0.3 is 9.80 Å². The molecule has 1 aromatic carbocycles. The number of carbonyl (C=O) groups excluding carboxylic acids is 1. The number of hydrogen-bond acceptors (Lipinski definition) is 3. The first kappa shape index (κ1) is 18.8. The van der Waals surface area contributed by atoms with Crippen LogP contribution in [0.15, 0.2) is 18.2 Å². The van der Waals surface area contributed by atoms with Crippen LogP contribution in [0.4, 0.5) is 18.9 Å². The largest absolute Gasteiger partial charge is 0.417 e. The molecule has 134 valence electrons. The zero-order valence-electron chi connectivity index (χ0n) is 14.7. The van der Waals surface area contributed by atoms with E-state index in [0.717, 1.165) is 32.3 Å². The molecule has 0 aliphatic carbocycles. The van der Waals surface area contributed by atoms with Gasteiger partial charge in [0.25, 0.3) is 0 Å². The predicted octanol–water partition coefficient (Wildman–Crippen LogP) is 4.22. The van der Waals surface area contributed by atoms with E-state index in [4.69, 9.17) is 0 Å². The smallest absolute Gasteiger partial charge is 0.371 e. The Balaban J connectivity index is 2.27. The number of anilines is 1. The molecule has 0 aromatic heterocycles. The number of benzene rings is 1. The molecule has 0 radical (unpaired) electrons. The molecule has 0 bridgehead atoms. The lowest BCUT2D eigenvalue weighted by Gasteiger charge is -2.46. The van der Waals surface area contributed by atoms with Gasteiger partial charge in [-0.25, -0.2) is 0 Å². The maximum atomic E-state index is 13.3. The van der Waals surface area contributed by atoms with E-state index < -0.39 is 17.5 Å². The van der Waals surface area contributed by atoms with E-state index in [1.54, 1.807) is 6.07 Å². The van der Waals surface area contributed by atoms with Crippen LogP contribution in [0.25, 0.3) is 0 Å². The molecule has 1 aliphatic heterocycles. The van der Waals surface area contributed by atoms with Gasteiger partial charge in [-0.2, -0.15) is 13.2 Å². The molecule has 1 saturated heterocycles. The third-order valence-corrected chi connectivity index (χ3v) is 5.35. The standard InChI is InChI=1S/C18H25F3N2O/c1-5-17(22(3)4)8-10-23(11-9-17)14-6-7-15(13(2)24)16(12-14)18(19,20)21/h6-7,12H,5,8-11H2,1-4H3. The van der Waals surface area contributed by atoms with E-state index in [2.05, 4.69) is 25.9 Å². The Kier molecular flexibility index (Phi) is 5.28. The molecule has 0 spiro atoms. The Labute approximate surface area is 141 Å². The Morgan fingerprint density at radius 1 is 1.25 bits per heavy atom. The number of Topliss-reactive ketones (excluding diaryl/α,β-unsaturated/α-hetero) is 1. The number of alkyl halides is 3. The van der Waals surface area contributed by atoms with Gasteiger partial charge in [0, 0.05) is 29.9 Å². The lowest BCUT2D eigenvalue weighted by atomic mass is 9.83. The molecule has 0 atom stereocenters. The fraction of sp³-hybridized carbons (Fsp3) is 0.611. The quantitative estimate of drug-likeness (QED) is 0.766. The second kappa shape index (κ2) is 6.75. The first-order chi connectivity index (χ1) is 11.1. The number of ketones is 1. The highest BCUT2D eigenvalue weighted by atomic mass is 19.4. The maximum Gasteiger partial charge on any atom is 0.417 e. The number of rotatable bonds is 4. The van der Waals surface area contributed by atoms with Crippen molar-refractivity contribution < 1.29 is 18.0 Å². The lowest BCUT2D eigenvalue weighted by Crippen LogP contribution is -2.52. The summed E-state index contributed by atoms with van der Waals surface area (Å²) in [4.78, 5) is 15.7. The molecule has 0 N–H and O–H groups in total. The van der Waals surface area contributed by atoms with Crippen molar-refractivity contribution in [2.75, 3.05) is 32.1 Å². The van der Waals surface area contributed by atoms with Gasteiger partial charge in [-0.3, -0.25) is 4.79 Å². The molecule has 2 rings (SSSR count). The second-order valence-corrected chi connectivity index (χ2v) is 6.74. The molecular weight excluding hydrogens is 317 g/mol. The van der Waals surface area contributed by atoms with Crippen LogP contribution in [0.3, 0.4) is 0 Å². The van der Waals surface area contributed by atoms with E-state index in [1.165, 1.54) is 6.07 Å². The average Bonchev–Trinajstić information content (AvgIpc) is 2.53. The molecule has 1 fully saturated rings. The van der Waals surface area contributed by atoms with Crippen molar-refractivity contribution in [1.29, 1.82) is 0 Å². The minimum Gasteiger partial charge on any atom is -0.371 e. The van der Waals surface area contributed by atoms with Crippen LogP contribution in [0, 0.1) is 0 Å². The topological polar surface area (TPSA) is 23.6 Å². The molecule has 6 heteroatoms. The number of carbonyl (C=O) groups is 1. The van der Waals surface area contributed by atoms with Crippen molar-refractivity contribution in [3.63, 3.8) is 0 Å². The van der Waals surface area contributed by atoms with Crippen molar-refractivity contribution in [3.05, 3.63) is 29.3 Å². The summed E-state index contributed by atoms with van der Waals surface area (Å²) in [6.07, 6.45) is -1.69. The second-order valence-electron chi connectivity index (χ2n) is 6.74. The van der Waals surface area contributed by atoms with Gasteiger partial charge in [-0.1, -0.05) is 6.92 Å². The summed E-state index contributed by atoms with van der Waals surface area (Å²) in [5.41, 5.74) is -0.453. The van der Waals surface area contributed by atoms with Gasteiger partial charge in [0.15, 0.2) is 5.78 Å². The molecule has 1 aromatic rings. The van der Waals surface area contributed by atoms with Crippen LogP contribution < -0.4 is 4.90 Å². The van der Waals surface area contributed by atoms with E-state index in [1.807, 2.05) is 4.90 Å². The molecule has 24 heavy (non-hydrogen) atoms. The summed E-state index contributed by atoms with van der Waals surface area (Å²) in [7, 11) is 4.12. The lowest BCUT2D eigenvalue weighted by molar-refractivity contribution is -0.137. The Morgan fingerprint density at radius 2 is 1.83 bits per heavy atom. The molecule has 3 nitrogen and oxygen atoms in total. The van der Waals surface area contributed by atoms with Crippen molar-refractivity contribution in [3.8, 4) is 0 Å². The van der Waals surface area contributed by atoms with E-state index in [0.29, 0.717) is 18.8 Å². The Bertz CT molecular complexity index is 603. The van der Waals surface area contributed by atoms with Crippen molar-refractivity contribution in [2.45, 2.75) is 44.8 Å². The van der Waals surface area contributed by atoms with Crippen molar-refractivity contribution in [1.82, 2.24) is 4.90 Å². The Morgan fingerprint density at radius 3 is 2.25 bits per heavy atom. The molecular formula is C18H25F3N2O.